The summed E-state index contributed by atoms with van der Waals surface area (Å²) in [6, 6.07) is 13.4. The van der Waals surface area contributed by atoms with Gasteiger partial charge in [-0.05, 0) is 30.3 Å². The number of pyridine rings is 1. The third-order valence-corrected chi connectivity index (χ3v) is 2.50. The van der Waals surface area contributed by atoms with Gasteiger partial charge in [0.25, 0.3) is 0 Å². The van der Waals surface area contributed by atoms with Crippen LogP contribution >= 0.6 is 0 Å². The van der Waals surface area contributed by atoms with E-state index in [1.165, 1.54) is 0 Å². The largest absolute Gasteiger partial charge is 0.493 e. The van der Waals surface area contributed by atoms with Crippen LogP contribution in [0, 0.1) is 11.8 Å². The Morgan fingerprint density at radius 2 is 2.11 bits per heavy atom. The van der Waals surface area contributed by atoms with Gasteiger partial charge in [0.05, 0.1) is 6.61 Å². The maximum Gasteiger partial charge on any atom is 0.120 e. The van der Waals surface area contributed by atoms with Gasteiger partial charge in [0.2, 0.25) is 0 Å². The van der Waals surface area contributed by atoms with Gasteiger partial charge in [-0.15, -0.1) is 0 Å². The third-order valence-electron chi connectivity index (χ3n) is 2.50. The van der Waals surface area contributed by atoms with Crippen molar-refractivity contribution in [3.63, 3.8) is 0 Å². The van der Waals surface area contributed by atoms with Crippen molar-refractivity contribution in [1.29, 1.82) is 0 Å². The Bertz CT molecular complexity index is 570. The summed E-state index contributed by atoms with van der Waals surface area (Å²) in [7, 11) is 0. The molecule has 0 fully saturated rings. The zero-order valence-corrected chi connectivity index (χ0v) is 10.5. The SMILES string of the molecule is OCC#Cc1cccc(OCCc2ccccn2)c1. The Labute approximate surface area is 112 Å². The number of aliphatic hydroxyl groups excluding tert-OH is 1. The number of hydrogen-bond donors (Lipinski definition) is 1. The summed E-state index contributed by atoms with van der Waals surface area (Å²) in [5.41, 5.74) is 1.85. The van der Waals surface area contributed by atoms with Crippen molar-refractivity contribution in [3.05, 3.63) is 59.9 Å². The lowest BCUT2D eigenvalue weighted by atomic mass is 10.2. The van der Waals surface area contributed by atoms with Crippen LogP contribution in [0.15, 0.2) is 48.7 Å². The molecule has 3 nitrogen and oxygen atoms in total. The van der Waals surface area contributed by atoms with Crippen molar-refractivity contribution in [2.45, 2.75) is 6.42 Å². The topological polar surface area (TPSA) is 42.4 Å². The lowest BCUT2D eigenvalue weighted by molar-refractivity contribution is 0.320. The number of ether oxygens (including phenoxy) is 1. The van der Waals surface area contributed by atoms with Crippen LogP contribution in [0.5, 0.6) is 5.75 Å². The van der Waals surface area contributed by atoms with Crippen LogP contribution in [-0.2, 0) is 6.42 Å². The quantitative estimate of drug-likeness (QED) is 0.848. The van der Waals surface area contributed by atoms with E-state index in [4.69, 9.17) is 9.84 Å². The molecular formula is C16H15NO2. The monoisotopic (exact) mass is 253 g/mol. The molecule has 0 amide bonds. The van der Waals surface area contributed by atoms with Crippen LogP contribution in [0.1, 0.15) is 11.3 Å². The zero-order chi connectivity index (χ0) is 13.3. The first-order chi connectivity index (χ1) is 9.38. The van der Waals surface area contributed by atoms with E-state index in [1.54, 1.807) is 6.20 Å². The predicted molar refractivity (Wildman–Crippen MR) is 73.8 cm³/mol. The minimum atomic E-state index is -0.134. The summed E-state index contributed by atoms with van der Waals surface area (Å²) in [5.74, 6) is 6.24. The summed E-state index contributed by atoms with van der Waals surface area (Å²) >= 11 is 0. The summed E-state index contributed by atoms with van der Waals surface area (Å²) in [4.78, 5) is 4.24. The average Bonchev–Trinajstić information content (AvgIpc) is 2.47. The highest BCUT2D eigenvalue weighted by atomic mass is 16.5. The molecule has 96 valence electrons. The van der Waals surface area contributed by atoms with E-state index in [-0.39, 0.29) is 6.61 Å². The number of aromatic nitrogens is 1. The second-order valence-electron chi connectivity index (χ2n) is 3.91. The Morgan fingerprint density at radius 1 is 1.16 bits per heavy atom. The zero-order valence-electron chi connectivity index (χ0n) is 10.5. The molecule has 0 aliphatic rings. The van der Waals surface area contributed by atoms with Crippen LogP contribution < -0.4 is 4.74 Å². The molecule has 0 spiro atoms. The standard InChI is InChI=1S/C16H15NO2/c18-11-4-6-14-5-3-8-16(13-14)19-12-9-15-7-1-2-10-17-15/h1-3,5,7-8,10,13,18H,9,11-12H2. The van der Waals surface area contributed by atoms with Crippen molar-refractivity contribution in [1.82, 2.24) is 4.98 Å². The first kappa shape index (κ1) is 13.1. The van der Waals surface area contributed by atoms with E-state index in [1.807, 2.05) is 42.5 Å². The molecule has 1 N–H and O–H groups in total. The van der Waals surface area contributed by atoms with Crippen LogP contribution in [0.3, 0.4) is 0 Å². The van der Waals surface area contributed by atoms with Crippen LogP contribution in [0.2, 0.25) is 0 Å². The Balaban J connectivity index is 1.89. The molecule has 0 aliphatic carbocycles. The summed E-state index contributed by atoms with van der Waals surface area (Å²) in [5, 5.41) is 8.65. The molecule has 0 aliphatic heterocycles. The van der Waals surface area contributed by atoms with E-state index in [2.05, 4.69) is 16.8 Å². The minimum absolute atomic E-state index is 0.134. The molecule has 2 aromatic rings. The van der Waals surface area contributed by atoms with Gasteiger partial charge in [-0.3, -0.25) is 4.98 Å². The minimum Gasteiger partial charge on any atom is -0.493 e. The highest BCUT2D eigenvalue weighted by Gasteiger charge is 1.97. The van der Waals surface area contributed by atoms with Gasteiger partial charge in [-0.1, -0.05) is 24.0 Å². The van der Waals surface area contributed by atoms with Gasteiger partial charge in [-0.25, -0.2) is 0 Å². The number of aliphatic hydroxyl groups is 1. The maximum atomic E-state index is 8.65. The fourth-order valence-electron chi connectivity index (χ4n) is 1.62. The van der Waals surface area contributed by atoms with Crippen molar-refractivity contribution in [2.24, 2.45) is 0 Å². The first-order valence-corrected chi connectivity index (χ1v) is 6.11. The molecule has 0 saturated carbocycles. The van der Waals surface area contributed by atoms with Crippen molar-refractivity contribution in [2.75, 3.05) is 13.2 Å². The van der Waals surface area contributed by atoms with Gasteiger partial charge in [0.15, 0.2) is 0 Å². The molecule has 1 aromatic heterocycles. The Kier molecular flexibility index (Phi) is 4.97. The average molecular weight is 253 g/mol. The van der Waals surface area contributed by atoms with Gasteiger partial charge in [-0.2, -0.15) is 0 Å². The molecule has 3 heteroatoms. The molecule has 0 bridgehead atoms. The molecule has 1 heterocycles. The normalized spacial score (nSPS) is 9.53. The Hall–Kier alpha value is -2.31. The predicted octanol–water partition coefficient (Wildman–Crippen LogP) is 2.05. The molecule has 0 saturated heterocycles. The molecule has 0 atom stereocenters. The summed E-state index contributed by atoms with van der Waals surface area (Å²) in [6.45, 7) is 0.443. The molecule has 19 heavy (non-hydrogen) atoms. The van der Waals surface area contributed by atoms with Crippen LogP contribution in [0.4, 0.5) is 0 Å². The number of hydrogen-bond acceptors (Lipinski definition) is 3. The Morgan fingerprint density at radius 3 is 2.89 bits per heavy atom. The van der Waals surface area contributed by atoms with E-state index in [0.29, 0.717) is 6.61 Å². The molecule has 0 radical (unpaired) electrons. The van der Waals surface area contributed by atoms with E-state index < -0.39 is 0 Å². The van der Waals surface area contributed by atoms with Crippen LogP contribution in [-0.4, -0.2) is 23.3 Å². The van der Waals surface area contributed by atoms with Gasteiger partial charge < -0.3 is 9.84 Å². The van der Waals surface area contributed by atoms with Crippen molar-refractivity contribution >= 4 is 0 Å². The number of rotatable bonds is 4. The second kappa shape index (κ2) is 7.20. The number of benzene rings is 1. The fraction of sp³-hybridized carbons (Fsp3) is 0.188. The smallest absolute Gasteiger partial charge is 0.120 e. The molecule has 1 aromatic carbocycles. The van der Waals surface area contributed by atoms with Gasteiger partial charge in [0.1, 0.15) is 12.4 Å². The van der Waals surface area contributed by atoms with E-state index >= 15 is 0 Å². The fourth-order valence-corrected chi connectivity index (χ4v) is 1.62. The van der Waals surface area contributed by atoms with Gasteiger partial charge in [0, 0.05) is 23.9 Å². The molecular weight excluding hydrogens is 238 g/mol. The third kappa shape index (κ3) is 4.46. The van der Waals surface area contributed by atoms with Gasteiger partial charge >= 0.3 is 0 Å². The maximum absolute atomic E-state index is 8.65. The van der Waals surface area contributed by atoms with Crippen molar-refractivity contribution < 1.29 is 9.84 Å². The number of nitrogens with zero attached hydrogens (tertiary/aromatic N) is 1. The first-order valence-electron chi connectivity index (χ1n) is 6.11. The summed E-state index contributed by atoms with van der Waals surface area (Å²) < 4.78 is 5.66. The lowest BCUT2D eigenvalue weighted by Crippen LogP contribution is -2.02. The van der Waals surface area contributed by atoms with Crippen LogP contribution in [0.25, 0.3) is 0 Å². The lowest BCUT2D eigenvalue weighted by Gasteiger charge is -2.06. The van der Waals surface area contributed by atoms with Crippen molar-refractivity contribution in [3.8, 4) is 17.6 Å². The molecule has 0 unspecified atom stereocenters. The highest BCUT2D eigenvalue weighted by Crippen LogP contribution is 2.12. The van der Waals surface area contributed by atoms with E-state index in [0.717, 1.165) is 23.4 Å². The second-order valence-corrected chi connectivity index (χ2v) is 3.91. The van der Waals surface area contributed by atoms with E-state index in [9.17, 15) is 0 Å². The molecule has 2 rings (SSSR count). The summed E-state index contributed by atoms with van der Waals surface area (Å²) in [6.07, 6.45) is 2.55. The highest BCUT2D eigenvalue weighted by molar-refractivity contribution is 5.39.